The van der Waals surface area contributed by atoms with Gasteiger partial charge in [-0.25, -0.2) is 4.79 Å². The Hall–Kier alpha value is -3.75. The topological polar surface area (TPSA) is 103 Å². The molecule has 0 saturated carbocycles. The van der Waals surface area contributed by atoms with Gasteiger partial charge in [0.1, 0.15) is 6.54 Å². The van der Waals surface area contributed by atoms with Crippen LogP contribution < -0.4 is 5.32 Å². The third-order valence-corrected chi connectivity index (χ3v) is 6.16. The number of rotatable bonds is 6. The molecule has 5 amide bonds. The lowest BCUT2D eigenvalue weighted by Gasteiger charge is -2.25. The lowest BCUT2D eigenvalue weighted by atomic mass is 9.91. The molecule has 2 aromatic rings. The first-order valence-electron chi connectivity index (χ1n) is 11.1. The highest BCUT2D eigenvalue weighted by Crippen LogP contribution is 2.26. The van der Waals surface area contributed by atoms with Gasteiger partial charge in [0, 0.05) is 44.1 Å². The van der Waals surface area contributed by atoms with Gasteiger partial charge in [0.05, 0.1) is 12.5 Å². The molecule has 1 N–H and O–H groups in total. The number of likely N-dealkylation sites (N-methyl/N-ethyl adjacent to an activating group) is 1. The highest BCUT2D eigenvalue weighted by Gasteiger charge is 2.35. The summed E-state index contributed by atoms with van der Waals surface area (Å²) in [5.74, 6) is -1.19. The molecule has 1 atom stereocenters. The van der Waals surface area contributed by atoms with E-state index in [-0.39, 0.29) is 31.4 Å². The number of carbonyl (C=O) groups is 4. The summed E-state index contributed by atoms with van der Waals surface area (Å²) in [4.78, 5) is 58.6. The highest BCUT2D eigenvalue weighted by molar-refractivity contribution is 6.04. The van der Waals surface area contributed by atoms with Gasteiger partial charge in [0.2, 0.25) is 11.8 Å². The molecule has 4 rings (SSSR count). The molecule has 9 heteroatoms. The van der Waals surface area contributed by atoms with Crippen molar-refractivity contribution in [3.63, 3.8) is 0 Å². The summed E-state index contributed by atoms with van der Waals surface area (Å²) in [5.41, 5.74) is 2.97. The van der Waals surface area contributed by atoms with Gasteiger partial charge >= 0.3 is 6.03 Å². The summed E-state index contributed by atoms with van der Waals surface area (Å²) in [6, 6.07) is 11.2. The SMILES string of the molecule is CCN1CCN(C(=O)CN2C(=O)CNC2=O)C[C@@H](Cc2ccccc2-c2cccnc2)C1=O. The van der Waals surface area contributed by atoms with Gasteiger partial charge in [0.15, 0.2) is 0 Å². The minimum absolute atomic E-state index is 0.00350. The molecule has 2 saturated heterocycles. The summed E-state index contributed by atoms with van der Waals surface area (Å²) in [5, 5.41) is 2.43. The molecule has 0 spiro atoms. The lowest BCUT2D eigenvalue weighted by Crippen LogP contribution is -2.45. The van der Waals surface area contributed by atoms with Crippen LogP contribution in [0.25, 0.3) is 11.1 Å². The number of imide groups is 1. The molecule has 2 aliphatic rings. The van der Waals surface area contributed by atoms with Gasteiger partial charge in [-0.1, -0.05) is 30.3 Å². The van der Waals surface area contributed by atoms with E-state index in [9.17, 15) is 19.2 Å². The first-order valence-corrected chi connectivity index (χ1v) is 11.1. The second-order valence-corrected chi connectivity index (χ2v) is 8.20. The Morgan fingerprint density at radius 1 is 1.12 bits per heavy atom. The van der Waals surface area contributed by atoms with E-state index in [4.69, 9.17) is 0 Å². The molecule has 1 aromatic heterocycles. The highest BCUT2D eigenvalue weighted by atomic mass is 16.2. The van der Waals surface area contributed by atoms with Crippen molar-refractivity contribution in [1.82, 2.24) is 25.0 Å². The van der Waals surface area contributed by atoms with E-state index >= 15 is 0 Å². The maximum absolute atomic E-state index is 13.3. The van der Waals surface area contributed by atoms with Crippen LogP contribution in [0.3, 0.4) is 0 Å². The van der Waals surface area contributed by atoms with Crippen molar-refractivity contribution >= 4 is 23.8 Å². The van der Waals surface area contributed by atoms with E-state index in [1.54, 1.807) is 22.2 Å². The molecular weight excluding hydrogens is 422 g/mol. The van der Waals surface area contributed by atoms with Crippen molar-refractivity contribution in [2.75, 3.05) is 39.3 Å². The summed E-state index contributed by atoms with van der Waals surface area (Å²) < 4.78 is 0. The van der Waals surface area contributed by atoms with E-state index in [0.29, 0.717) is 26.1 Å². The first kappa shape index (κ1) is 22.4. The van der Waals surface area contributed by atoms with Gasteiger partial charge in [0.25, 0.3) is 5.91 Å². The number of nitrogens with one attached hydrogen (secondary N) is 1. The van der Waals surface area contributed by atoms with Crippen molar-refractivity contribution in [3.8, 4) is 11.1 Å². The van der Waals surface area contributed by atoms with Crippen LogP contribution in [0.1, 0.15) is 12.5 Å². The van der Waals surface area contributed by atoms with E-state index in [2.05, 4.69) is 10.3 Å². The molecule has 3 heterocycles. The average Bonchev–Trinajstić information content (AvgIpc) is 3.05. The number of hydrogen-bond donors (Lipinski definition) is 1. The molecule has 172 valence electrons. The molecule has 9 nitrogen and oxygen atoms in total. The van der Waals surface area contributed by atoms with E-state index in [1.165, 1.54) is 0 Å². The first-order chi connectivity index (χ1) is 16.0. The molecule has 2 aliphatic heterocycles. The zero-order chi connectivity index (χ0) is 23.4. The molecule has 2 fully saturated rings. The van der Waals surface area contributed by atoms with Crippen molar-refractivity contribution in [3.05, 3.63) is 54.4 Å². The second-order valence-electron chi connectivity index (χ2n) is 8.20. The Balaban J connectivity index is 1.56. The van der Waals surface area contributed by atoms with Gasteiger partial charge in [-0.3, -0.25) is 24.3 Å². The zero-order valence-electron chi connectivity index (χ0n) is 18.6. The van der Waals surface area contributed by atoms with Crippen LogP contribution in [0.4, 0.5) is 4.79 Å². The monoisotopic (exact) mass is 449 g/mol. The third-order valence-electron chi connectivity index (χ3n) is 6.16. The molecule has 1 aromatic carbocycles. The van der Waals surface area contributed by atoms with Gasteiger partial charge < -0.3 is 15.1 Å². The van der Waals surface area contributed by atoms with Crippen molar-refractivity contribution in [2.24, 2.45) is 5.92 Å². The molecule has 33 heavy (non-hydrogen) atoms. The van der Waals surface area contributed by atoms with Gasteiger partial charge in [-0.05, 0) is 30.5 Å². The molecule has 0 radical (unpaired) electrons. The Bertz CT molecular complexity index is 1040. The average molecular weight is 450 g/mol. The van der Waals surface area contributed by atoms with Crippen molar-refractivity contribution < 1.29 is 19.2 Å². The summed E-state index contributed by atoms with van der Waals surface area (Å²) >= 11 is 0. The Morgan fingerprint density at radius 3 is 2.64 bits per heavy atom. The smallest absolute Gasteiger partial charge is 0.325 e. The number of amides is 5. The van der Waals surface area contributed by atoms with Crippen LogP contribution in [0.2, 0.25) is 0 Å². The Kier molecular flexibility index (Phi) is 6.67. The summed E-state index contributed by atoms with van der Waals surface area (Å²) in [7, 11) is 0. The van der Waals surface area contributed by atoms with Crippen molar-refractivity contribution in [2.45, 2.75) is 13.3 Å². The predicted octanol–water partition coefficient (Wildman–Crippen LogP) is 1.15. The summed E-state index contributed by atoms with van der Waals surface area (Å²) in [6.07, 6.45) is 3.97. The van der Waals surface area contributed by atoms with Crippen LogP contribution in [-0.2, 0) is 20.8 Å². The normalized spacial score (nSPS) is 19.0. The number of aromatic nitrogens is 1. The lowest BCUT2D eigenvalue weighted by molar-refractivity contribution is -0.137. The van der Waals surface area contributed by atoms with E-state index in [0.717, 1.165) is 21.6 Å². The van der Waals surface area contributed by atoms with Crippen LogP contribution in [-0.4, -0.2) is 82.7 Å². The van der Waals surface area contributed by atoms with Gasteiger partial charge in [-0.15, -0.1) is 0 Å². The minimum atomic E-state index is -0.559. The summed E-state index contributed by atoms with van der Waals surface area (Å²) in [6.45, 7) is 3.08. The van der Waals surface area contributed by atoms with E-state index < -0.39 is 17.9 Å². The van der Waals surface area contributed by atoms with Crippen LogP contribution in [0.15, 0.2) is 48.8 Å². The second kappa shape index (κ2) is 9.81. The van der Waals surface area contributed by atoms with Crippen molar-refractivity contribution in [1.29, 1.82) is 0 Å². The van der Waals surface area contributed by atoms with Crippen LogP contribution in [0, 0.1) is 5.92 Å². The molecular formula is C24H27N5O4. The minimum Gasteiger partial charge on any atom is -0.341 e. The van der Waals surface area contributed by atoms with Gasteiger partial charge in [-0.2, -0.15) is 0 Å². The fourth-order valence-electron chi connectivity index (χ4n) is 4.36. The fraction of sp³-hybridized carbons (Fsp3) is 0.375. The number of hydrogen-bond acceptors (Lipinski definition) is 5. The fourth-order valence-corrected chi connectivity index (χ4v) is 4.36. The largest absolute Gasteiger partial charge is 0.341 e. The number of benzene rings is 1. The maximum Gasteiger partial charge on any atom is 0.325 e. The van der Waals surface area contributed by atoms with Crippen LogP contribution >= 0.6 is 0 Å². The van der Waals surface area contributed by atoms with E-state index in [1.807, 2.05) is 43.3 Å². The number of carbonyl (C=O) groups excluding carboxylic acids is 4. The van der Waals surface area contributed by atoms with Crippen LogP contribution in [0.5, 0.6) is 0 Å². The molecule has 0 bridgehead atoms. The quantitative estimate of drug-likeness (QED) is 0.667. The molecule has 0 aliphatic carbocycles. The standard InChI is InChI=1S/C24H27N5O4/c1-2-27-10-11-28(22(31)16-29-21(30)14-26-24(29)33)15-19(23(27)32)12-17-6-3-4-8-20(17)18-7-5-9-25-13-18/h3-9,13,19H,2,10-12,14-16H2,1H3,(H,26,33)/t19-/m1/s1. The molecule has 0 unspecified atom stereocenters. The number of urea groups is 1. The number of nitrogens with zero attached hydrogens (tertiary/aromatic N) is 4. The Labute approximate surface area is 192 Å². The zero-order valence-corrected chi connectivity index (χ0v) is 18.6. The predicted molar refractivity (Wildman–Crippen MR) is 121 cm³/mol. The Morgan fingerprint density at radius 2 is 1.94 bits per heavy atom. The number of pyridine rings is 1. The third kappa shape index (κ3) is 4.87. The maximum atomic E-state index is 13.3.